The molecule has 5 heterocycles. The normalized spacial score (nSPS) is 16.5. The lowest BCUT2D eigenvalue weighted by atomic mass is 9.43. The zero-order valence-corrected chi connectivity index (χ0v) is 34.7. The van der Waals surface area contributed by atoms with Gasteiger partial charge < -0.3 is 18.2 Å². The summed E-state index contributed by atoms with van der Waals surface area (Å²) < 4.78 is 15.9. The number of fused-ring (bicyclic) bond motifs is 15. The maximum absolute atomic E-state index is 6.73. The number of rotatable bonds is 1. The lowest BCUT2D eigenvalue weighted by Crippen LogP contribution is -2.60. The van der Waals surface area contributed by atoms with Gasteiger partial charge in [0.2, 0.25) is 0 Å². The summed E-state index contributed by atoms with van der Waals surface area (Å²) in [5.41, 5.74) is 19.4. The van der Waals surface area contributed by atoms with Gasteiger partial charge in [-0.15, -0.1) is 0 Å². The summed E-state index contributed by atoms with van der Waals surface area (Å²) >= 11 is 0. The fraction of sp³-hybridized carbons (Fsp3) is 0.222. The van der Waals surface area contributed by atoms with E-state index in [0.29, 0.717) is 0 Å². The molecule has 0 saturated carbocycles. The van der Waals surface area contributed by atoms with Crippen LogP contribution < -0.4 is 15.7 Å². The summed E-state index contributed by atoms with van der Waals surface area (Å²) in [6.07, 6.45) is 2.33. The molecule has 0 bridgehead atoms. The molecule has 0 N–H and O–H groups in total. The molecule has 4 nitrogen and oxygen atoms in total. The highest BCUT2D eigenvalue weighted by Crippen LogP contribution is 2.53. The van der Waals surface area contributed by atoms with E-state index in [1.165, 1.54) is 78.5 Å². The largest absolute Gasteiger partial charge is 0.456 e. The van der Waals surface area contributed by atoms with Crippen LogP contribution >= 0.6 is 0 Å². The van der Waals surface area contributed by atoms with Crippen molar-refractivity contribution in [2.75, 3.05) is 4.81 Å². The summed E-state index contributed by atoms with van der Waals surface area (Å²) in [7, 11) is 0. The van der Waals surface area contributed by atoms with Gasteiger partial charge in [-0.05, 0) is 117 Å². The Labute approximate surface area is 344 Å². The van der Waals surface area contributed by atoms with E-state index in [1.54, 1.807) is 0 Å². The number of para-hydroxylation sites is 2. The zero-order valence-electron chi connectivity index (χ0n) is 34.7. The van der Waals surface area contributed by atoms with Crippen molar-refractivity contribution in [3.63, 3.8) is 0 Å². The molecule has 3 aliphatic rings. The second kappa shape index (κ2) is 10.9. The monoisotopic (exact) mass is 764 g/mol. The van der Waals surface area contributed by atoms with Crippen molar-refractivity contribution < 1.29 is 8.83 Å². The number of hydrogen-bond donors (Lipinski definition) is 0. The molecule has 0 amide bonds. The number of furan rings is 2. The van der Waals surface area contributed by atoms with Crippen LogP contribution in [0.3, 0.4) is 0 Å². The van der Waals surface area contributed by atoms with Gasteiger partial charge in [-0.3, -0.25) is 0 Å². The Kier molecular flexibility index (Phi) is 6.23. The number of hydrogen-bond acceptors (Lipinski definition) is 3. The van der Waals surface area contributed by atoms with Gasteiger partial charge in [0, 0.05) is 61.0 Å². The highest BCUT2D eigenvalue weighted by atomic mass is 16.3. The van der Waals surface area contributed by atoms with E-state index >= 15 is 0 Å². The molecule has 59 heavy (non-hydrogen) atoms. The van der Waals surface area contributed by atoms with Crippen LogP contribution in [0.4, 0.5) is 11.4 Å². The van der Waals surface area contributed by atoms with Crippen LogP contribution in [-0.4, -0.2) is 11.4 Å². The number of aromatic nitrogens is 1. The number of benzene rings is 7. The summed E-state index contributed by atoms with van der Waals surface area (Å²) in [6.45, 7) is 16.6. The van der Waals surface area contributed by atoms with Crippen LogP contribution in [0.2, 0.25) is 0 Å². The summed E-state index contributed by atoms with van der Waals surface area (Å²) in [4.78, 5) is 2.68. The topological polar surface area (TPSA) is 34.5 Å². The van der Waals surface area contributed by atoms with Gasteiger partial charge in [-0.25, -0.2) is 0 Å². The van der Waals surface area contributed by atoms with Crippen LogP contribution in [0, 0.1) is 0 Å². The number of nitrogens with zero attached hydrogens (tertiary/aromatic N) is 2. The predicted octanol–water partition coefficient (Wildman–Crippen LogP) is 13.5. The van der Waals surface area contributed by atoms with Gasteiger partial charge >= 0.3 is 6.85 Å². The molecule has 5 heteroatoms. The summed E-state index contributed by atoms with van der Waals surface area (Å²) in [6, 6.07) is 45.8. The van der Waals surface area contributed by atoms with Crippen molar-refractivity contribution in [1.82, 2.24) is 4.57 Å². The average molecular weight is 765 g/mol. The second-order valence-electron chi connectivity index (χ2n) is 20.0. The van der Waals surface area contributed by atoms with Crippen molar-refractivity contribution in [3.8, 4) is 16.8 Å². The van der Waals surface area contributed by atoms with Crippen LogP contribution in [0.25, 0.3) is 82.5 Å². The van der Waals surface area contributed by atoms with E-state index in [2.05, 4.69) is 179 Å². The quantitative estimate of drug-likeness (QED) is 0.156. The molecular weight excluding hydrogens is 719 g/mol. The smallest absolute Gasteiger partial charge is 0.333 e. The summed E-state index contributed by atoms with van der Waals surface area (Å²) in [5, 5.41) is 7.08. The Morgan fingerprint density at radius 1 is 0.542 bits per heavy atom. The highest BCUT2D eigenvalue weighted by molar-refractivity contribution is 6.93. The molecule has 10 aromatic rings. The minimum atomic E-state index is -0.104. The standard InChI is InChI=1S/C54H45BN2O2/c1-52(2,3)30-16-18-31(19-17-30)57-44-27-41-40(53(4,5)22-23-54(41,6)7)25-37(44)34-20-21-35-36-24-38-32-12-8-10-14-46(32)59-49(38)29-43(36)56-45-26-39-33-13-9-11-15-47(33)58-48(39)28-42(45)55(57)50(34)51(35)56/h8-21,24-29H,22-23H2,1-7H3. The molecule has 0 saturated heterocycles. The lowest BCUT2D eigenvalue weighted by molar-refractivity contribution is 0.332. The second-order valence-corrected chi connectivity index (χ2v) is 20.0. The van der Waals surface area contributed by atoms with E-state index < -0.39 is 0 Å². The third-order valence-electron chi connectivity index (χ3n) is 14.6. The molecule has 0 radical (unpaired) electrons. The van der Waals surface area contributed by atoms with Crippen molar-refractivity contribution in [2.45, 2.75) is 77.6 Å². The van der Waals surface area contributed by atoms with Gasteiger partial charge in [0.1, 0.15) is 22.3 Å². The first kappa shape index (κ1) is 33.7. The molecule has 0 spiro atoms. The Bertz CT molecular complexity index is 3500. The van der Waals surface area contributed by atoms with Crippen LogP contribution in [0.15, 0.2) is 130 Å². The highest BCUT2D eigenvalue weighted by Gasteiger charge is 2.46. The molecule has 0 atom stereocenters. The van der Waals surface area contributed by atoms with Crippen molar-refractivity contribution in [2.24, 2.45) is 0 Å². The third kappa shape index (κ3) is 4.35. The fourth-order valence-corrected chi connectivity index (χ4v) is 11.3. The molecule has 13 rings (SSSR count). The average Bonchev–Trinajstić information content (AvgIpc) is 3.88. The molecule has 1 aliphatic carbocycles. The van der Waals surface area contributed by atoms with Gasteiger partial charge in [0.05, 0.1) is 11.0 Å². The zero-order chi connectivity index (χ0) is 39.9. The third-order valence-corrected chi connectivity index (χ3v) is 14.6. The Balaban J connectivity index is 1.21. The fourth-order valence-electron chi connectivity index (χ4n) is 11.3. The maximum Gasteiger partial charge on any atom is 0.333 e. The molecule has 0 fully saturated rings. The van der Waals surface area contributed by atoms with E-state index in [0.717, 1.165) is 55.8 Å². The Morgan fingerprint density at radius 2 is 1.17 bits per heavy atom. The molecule has 286 valence electrons. The molecule has 2 aliphatic heterocycles. The first-order valence-corrected chi connectivity index (χ1v) is 21.3. The van der Waals surface area contributed by atoms with Gasteiger partial charge in [-0.1, -0.05) is 109 Å². The Morgan fingerprint density at radius 3 is 1.85 bits per heavy atom. The SMILES string of the molecule is CC(C)(C)c1ccc(N2B3c4cc5oc6ccccc6c5cc4-n4c5cc6oc7ccccc7c6cc5c5ccc(c3c54)-c3cc4c(cc32)C(C)(C)CCC4(C)C)cc1. The van der Waals surface area contributed by atoms with Gasteiger partial charge in [0.15, 0.2) is 0 Å². The maximum atomic E-state index is 6.73. The van der Waals surface area contributed by atoms with Crippen LogP contribution in [-0.2, 0) is 16.2 Å². The van der Waals surface area contributed by atoms with Crippen molar-refractivity contribution >= 4 is 94.8 Å². The minimum absolute atomic E-state index is 0.0432. The van der Waals surface area contributed by atoms with E-state index in [1.807, 2.05) is 0 Å². The van der Waals surface area contributed by atoms with Crippen LogP contribution in [0.5, 0.6) is 0 Å². The predicted molar refractivity (Wildman–Crippen MR) is 248 cm³/mol. The molecule has 3 aromatic heterocycles. The van der Waals surface area contributed by atoms with Crippen molar-refractivity contribution in [3.05, 3.63) is 138 Å². The van der Waals surface area contributed by atoms with Crippen molar-refractivity contribution in [1.29, 1.82) is 0 Å². The molecule has 7 aromatic carbocycles. The molecular formula is C54H45BN2O2. The lowest BCUT2D eigenvalue weighted by Gasteiger charge is -2.46. The first-order valence-electron chi connectivity index (χ1n) is 21.3. The number of anilines is 2. The van der Waals surface area contributed by atoms with Gasteiger partial charge in [0.25, 0.3) is 0 Å². The van der Waals surface area contributed by atoms with E-state index in [-0.39, 0.29) is 23.1 Å². The van der Waals surface area contributed by atoms with E-state index in [4.69, 9.17) is 8.83 Å². The van der Waals surface area contributed by atoms with Gasteiger partial charge in [-0.2, -0.15) is 0 Å². The first-order chi connectivity index (χ1) is 28.4. The minimum Gasteiger partial charge on any atom is -0.456 e. The molecule has 0 unspecified atom stereocenters. The summed E-state index contributed by atoms with van der Waals surface area (Å²) in [5.74, 6) is 0. The van der Waals surface area contributed by atoms with E-state index in [9.17, 15) is 0 Å². The van der Waals surface area contributed by atoms with Crippen LogP contribution in [0.1, 0.15) is 78.0 Å². The Hall–Kier alpha value is -6.20.